The summed E-state index contributed by atoms with van der Waals surface area (Å²) in [5, 5.41) is 0.502. The first-order valence-electron chi connectivity index (χ1n) is 5.09. The molecule has 1 aliphatic heterocycles. The maximum Gasteiger partial charge on any atom is 0.227 e. The molecule has 0 saturated carbocycles. The topological polar surface area (TPSA) is 38.2 Å². The van der Waals surface area contributed by atoms with Crippen LogP contribution in [0.5, 0.6) is 0 Å². The fourth-order valence-corrected chi connectivity index (χ4v) is 1.84. The van der Waals surface area contributed by atoms with Crippen molar-refractivity contribution in [1.82, 2.24) is 9.97 Å². The smallest absolute Gasteiger partial charge is 0.227 e. The Morgan fingerprint density at radius 2 is 2.20 bits per heavy atom. The Morgan fingerprint density at radius 3 is 3.00 bits per heavy atom. The third kappa shape index (κ3) is 2.79. The van der Waals surface area contributed by atoms with Crippen molar-refractivity contribution in [3.8, 4) is 0 Å². The summed E-state index contributed by atoms with van der Waals surface area (Å²) < 4.78 is 5.38. The molecule has 0 atom stereocenters. The highest BCUT2D eigenvalue weighted by atomic mass is 35.5. The Kier molecular flexibility index (Phi) is 3.38. The fourth-order valence-electron chi connectivity index (χ4n) is 1.60. The molecule has 0 radical (unpaired) electrons. The summed E-state index contributed by atoms with van der Waals surface area (Å²) in [6, 6.07) is 1.76. The molecule has 1 aliphatic rings. The molecule has 0 unspecified atom stereocenters. The van der Waals surface area contributed by atoms with E-state index in [1.165, 1.54) is 0 Å². The van der Waals surface area contributed by atoms with Gasteiger partial charge in [0.2, 0.25) is 5.95 Å². The lowest BCUT2D eigenvalue weighted by molar-refractivity contribution is 0.152. The largest absolute Gasteiger partial charge is 0.380 e. The molecule has 15 heavy (non-hydrogen) atoms. The molecule has 4 nitrogen and oxygen atoms in total. The number of ether oxygens (including phenoxy) is 1. The second-order valence-electron chi connectivity index (χ2n) is 3.59. The number of aromatic nitrogens is 2. The van der Waals surface area contributed by atoms with Gasteiger partial charge in [-0.05, 0) is 19.4 Å². The average Bonchev–Trinajstić information content (AvgIpc) is 2.43. The highest BCUT2D eigenvalue weighted by Gasteiger charge is 2.13. The molecule has 1 saturated heterocycles. The molecule has 2 rings (SSSR count). The first-order valence-corrected chi connectivity index (χ1v) is 5.47. The first kappa shape index (κ1) is 10.6. The predicted molar refractivity (Wildman–Crippen MR) is 59.4 cm³/mol. The summed E-state index contributed by atoms with van der Waals surface area (Å²) in [6.45, 7) is 5.23. The highest BCUT2D eigenvalue weighted by molar-refractivity contribution is 6.29. The second kappa shape index (κ2) is 4.77. The molecule has 0 N–H and O–H groups in total. The van der Waals surface area contributed by atoms with Crippen molar-refractivity contribution in [3.05, 3.63) is 16.9 Å². The maximum absolute atomic E-state index is 5.90. The van der Waals surface area contributed by atoms with Crippen molar-refractivity contribution >= 4 is 17.5 Å². The number of rotatable bonds is 1. The van der Waals surface area contributed by atoms with E-state index in [-0.39, 0.29) is 0 Å². The molecule has 1 fully saturated rings. The molecule has 82 valence electrons. The Morgan fingerprint density at radius 1 is 1.33 bits per heavy atom. The maximum atomic E-state index is 5.90. The van der Waals surface area contributed by atoms with Gasteiger partial charge in [0, 0.05) is 25.4 Å². The molecule has 1 aromatic heterocycles. The lowest BCUT2D eigenvalue weighted by Gasteiger charge is -2.19. The van der Waals surface area contributed by atoms with E-state index in [0.717, 1.165) is 38.4 Å². The van der Waals surface area contributed by atoms with Crippen molar-refractivity contribution in [3.63, 3.8) is 0 Å². The van der Waals surface area contributed by atoms with Crippen LogP contribution in [-0.2, 0) is 4.74 Å². The van der Waals surface area contributed by atoms with Crippen LogP contribution in [0.3, 0.4) is 0 Å². The normalized spacial score (nSPS) is 17.6. The Balaban J connectivity index is 2.19. The van der Waals surface area contributed by atoms with E-state index in [9.17, 15) is 0 Å². The van der Waals surface area contributed by atoms with Gasteiger partial charge in [-0.1, -0.05) is 11.6 Å². The molecule has 0 spiro atoms. The van der Waals surface area contributed by atoms with Crippen LogP contribution in [0.1, 0.15) is 12.1 Å². The van der Waals surface area contributed by atoms with E-state index in [0.29, 0.717) is 11.1 Å². The van der Waals surface area contributed by atoms with Gasteiger partial charge in [-0.2, -0.15) is 0 Å². The molecule has 0 bridgehead atoms. The molecule has 2 heterocycles. The lowest BCUT2D eigenvalue weighted by Crippen LogP contribution is -2.28. The number of anilines is 1. The van der Waals surface area contributed by atoms with E-state index in [1.54, 1.807) is 6.07 Å². The van der Waals surface area contributed by atoms with Crippen LogP contribution in [0.25, 0.3) is 0 Å². The van der Waals surface area contributed by atoms with Gasteiger partial charge in [0.1, 0.15) is 5.15 Å². The SMILES string of the molecule is Cc1cc(Cl)nc(N2CCCOCC2)n1. The van der Waals surface area contributed by atoms with Crippen LogP contribution in [0, 0.1) is 6.92 Å². The Bertz CT molecular complexity index is 317. The summed E-state index contributed by atoms with van der Waals surface area (Å²) in [5.74, 6) is 0.713. The van der Waals surface area contributed by atoms with E-state index in [4.69, 9.17) is 16.3 Å². The van der Waals surface area contributed by atoms with Crippen LogP contribution in [0.15, 0.2) is 6.07 Å². The van der Waals surface area contributed by atoms with E-state index in [2.05, 4.69) is 14.9 Å². The quantitative estimate of drug-likeness (QED) is 0.684. The number of hydrogen-bond acceptors (Lipinski definition) is 4. The van der Waals surface area contributed by atoms with Gasteiger partial charge in [-0.3, -0.25) is 0 Å². The van der Waals surface area contributed by atoms with Crippen molar-refractivity contribution in [2.24, 2.45) is 0 Å². The summed E-state index contributed by atoms with van der Waals surface area (Å²) in [7, 11) is 0. The molecular weight excluding hydrogens is 214 g/mol. The standard InChI is InChI=1S/C10H14ClN3O/c1-8-7-9(11)13-10(12-8)14-3-2-5-15-6-4-14/h7H,2-6H2,1H3. The van der Waals surface area contributed by atoms with Gasteiger partial charge in [0.25, 0.3) is 0 Å². The van der Waals surface area contributed by atoms with Gasteiger partial charge >= 0.3 is 0 Å². The third-order valence-electron chi connectivity index (χ3n) is 2.32. The minimum atomic E-state index is 0.502. The Hall–Kier alpha value is -0.870. The van der Waals surface area contributed by atoms with Crippen LogP contribution in [0.4, 0.5) is 5.95 Å². The van der Waals surface area contributed by atoms with Gasteiger partial charge in [-0.25, -0.2) is 9.97 Å². The van der Waals surface area contributed by atoms with Gasteiger partial charge in [0.15, 0.2) is 0 Å². The predicted octanol–water partition coefficient (Wildman–Crippen LogP) is 1.67. The second-order valence-corrected chi connectivity index (χ2v) is 3.97. The molecular formula is C10H14ClN3O. The summed E-state index contributed by atoms with van der Waals surface area (Å²) >= 11 is 5.90. The minimum absolute atomic E-state index is 0.502. The third-order valence-corrected chi connectivity index (χ3v) is 2.51. The van der Waals surface area contributed by atoms with Gasteiger partial charge < -0.3 is 9.64 Å². The number of aryl methyl sites for hydroxylation is 1. The summed E-state index contributed by atoms with van der Waals surface area (Å²) in [6.07, 6.45) is 1.01. The van der Waals surface area contributed by atoms with E-state index >= 15 is 0 Å². The number of halogens is 1. The fraction of sp³-hybridized carbons (Fsp3) is 0.600. The lowest BCUT2D eigenvalue weighted by atomic mass is 10.4. The first-order chi connectivity index (χ1) is 7.25. The van der Waals surface area contributed by atoms with Crippen LogP contribution >= 0.6 is 11.6 Å². The van der Waals surface area contributed by atoms with Crippen LogP contribution in [-0.4, -0.2) is 36.3 Å². The highest BCUT2D eigenvalue weighted by Crippen LogP contribution is 2.14. The van der Waals surface area contributed by atoms with Crippen LogP contribution in [0.2, 0.25) is 5.15 Å². The number of nitrogens with zero attached hydrogens (tertiary/aromatic N) is 3. The molecule has 0 amide bonds. The summed E-state index contributed by atoms with van der Waals surface area (Å²) in [4.78, 5) is 10.7. The number of hydrogen-bond donors (Lipinski definition) is 0. The molecule has 1 aromatic rings. The van der Waals surface area contributed by atoms with E-state index in [1.807, 2.05) is 6.92 Å². The van der Waals surface area contributed by atoms with Crippen molar-refractivity contribution < 1.29 is 4.74 Å². The van der Waals surface area contributed by atoms with Gasteiger partial charge in [0.05, 0.1) is 6.61 Å². The van der Waals surface area contributed by atoms with Crippen molar-refractivity contribution in [2.75, 3.05) is 31.2 Å². The molecule has 5 heteroatoms. The van der Waals surface area contributed by atoms with E-state index < -0.39 is 0 Å². The average molecular weight is 228 g/mol. The Labute approximate surface area is 94.2 Å². The zero-order valence-corrected chi connectivity index (χ0v) is 9.50. The monoisotopic (exact) mass is 227 g/mol. The zero-order chi connectivity index (χ0) is 10.7. The zero-order valence-electron chi connectivity index (χ0n) is 8.74. The summed E-state index contributed by atoms with van der Waals surface area (Å²) in [5.41, 5.74) is 0.898. The van der Waals surface area contributed by atoms with Crippen LogP contribution < -0.4 is 4.90 Å². The van der Waals surface area contributed by atoms with Gasteiger partial charge in [-0.15, -0.1) is 0 Å². The minimum Gasteiger partial charge on any atom is -0.380 e. The molecule has 0 aromatic carbocycles. The molecule has 0 aliphatic carbocycles. The van der Waals surface area contributed by atoms with Crippen molar-refractivity contribution in [1.29, 1.82) is 0 Å². The van der Waals surface area contributed by atoms with Crippen molar-refractivity contribution in [2.45, 2.75) is 13.3 Å².